The van der Waals surface area contributed by atoms with Gasteiger partial charge in [0.15, 0.2) is 5.82 Å². The summed E-state index contributed by atoms with van der Waals surface area (Å²) in [5, 5.41) is 6.80. The Kier molecular flexibility index (Phi) is 4.21. The maximum absolute atomic E-state index is 13.0. The van der Waals surface area contributed by atoms with Crippen LogP contribution in [0.5, 0.6) is 0 Å². The predicted molar refractivity (Wildman–Crippen MR) is 89.6 cm³/mol. The number of hydrogen-bond acceptors (Lipinski definition) is 5. The van der Waals surface area contributed by atoms with Gasteiger partial charge in [-0.3, -0.25) is 9.59 Å². The van der Waals surface area contributed by atoms with Gasteiger partial charge in [0.05, 0.1) is 12.0 Å². The largest absolute Gasteiger partial charge is 0.343 e. The molecular formula is C18H20N4O3. The Labute approximate surface area is 145 Å². The smallest absolute Gasteiger partial charge is 0.232 e. The molecular weight excluding hydrogens is 320 g/mol. The fraction of sp³-hybridized carbons (Fsp3) is 0.444. The van der Waals surface area contributed by atoms with Gasteiger partial charge >= 0.3 is 0 Å². The van der Waals surface area contributed by atoms with Gasteiger partial charge in [-0.15, -0.1) is 0 Å². The highest BCUT2D eigenvalue weighted by Crippen LogP contribution is 2.36. The number of nitrogens with zero attached hydrogens (tertiary/aromatic N) is 3. The van der Waals surface area contributed by atoms with Gasteiger partial charge < -0.3 is 14.7 Å². The molecule has 2 aliphatic heterocycles. The third-order valence-corrected chi connectivity index (χ3v) is 5.04. The predicted octanol–water partition coefficient (Wildman–Crippen LogP) is 2.64. The minimum Gasteiger partial charge on any atom is -0.343 e. The van der Waals surface area contributed by atoms with E-state index in [-0.39, 0.29) is 24.3 Å². The second-order valence-corrected chi connectivity index (χ2v) is 6.57. The third kappa shape index (κ3) is 3.01. The molecule has 1 aromatic carbocycles. The second kappa shape index (κ2) is 6.66. The first-order chi connectivity index (χ1) is 12.2. The van der Waals surface area contributed by atoms with E-state index in [4.69, 9.17) is 4.52 Å². The quantitative estimate of drug-likeness (QED) is 0.928. The van der Waals surface area contributed by atoms with E-state index >= 15 is 0 Å². The highest BCUT2D eigenvalue weighted by molar-refractivity contribution is 6.04. The number of carbonyl (C=O) groups excluding carboxylic acids is 2. The van der Waals surface area contributed by atoms with Crippen molar-refractivity contribution >= 4 is 17.5 Å². The SMILES string of the molecule is O=C1Nc2ccccc2C1CC(=O)N1CCCCCC1c1ncon1. The van der Waals surface area contributed by atoms with Crippen LogP contribution >= 0.6 is 0 Å². The number of benzene rings is 1. The molecule has 2 aromatic rings. The Bertz CT molecular complexity index is 774. The van der Waals surface area contributed by atoms with Crippen LogP contribution in [0.1, 0.15) is 55.5 Å². The lowest BCUT2D eigenvalue weighted by Crippen LogP contribution is -2.36. The van der Waals surface area contributed by atoms with E-state index in [2.05, 4.69) is 15.5 Å². The van der Waals surface area contributed by atoms with Crippen molar-refractivity contribution in [3.63, 3.8) is 0 Å². The first kappa shape index (κ1) is 15.8. The number of rotatable bonds is 3. The van der Waals surface area contributed by atoms with Crippen molar-refractivity contribution in [1.29, 1.82) is 0 Å². The number of likely N-dealkylation sites (tertiary alicyclic amines) is 1. The highest BCUT2D eigenvalue weighted by Gasteiger charge is 2.36. The molecule has 0 bridgehead atoms. The van der Waals surface area contributed by atoms with Gasteiger partial charge in [-0.05, 0) is 24.5 Å². The monoisotopic (exact) mass is 340 g/mol. The second-order valence-electron chi connectivity index (χ2n) is 6.57. The summed E-state index contributed by atoms with van der Waals surface area (Å²) in [6, 6.07) is 7.37. The first-order valence-electron chi connectivity index (χ1n) is 8.69. The fourth-order valence-electron chi connectivity index (χ4n) is 3.77. The summed E-state index contributed by atoms with van der Waals surface area (Å²) in [7, 11) is 0. The summed E-state index contributed by atoms with van der Waals surface area (Å²) in [6.07, 6.45) is 5.33. The van der Waals surface area contributed by atoms with Crippen molar-refractivity contribution < 1.29 is 14.1 Å². The van der Waals surface area contributed by atoms with Gasteiger partial charge in [0.2, 0.25) is 18.2 Å². The van der Waals surface area contributed by atoms with E-state index in [1.54, 1.807) is 0 Å². The lowest BCUT2D eigenvalue weighted by atomic mass is 9.96. The van der Waals surface area contributed by atoms with Crippen LogP contribution in [0.3, 0.4) is 0 Å². The van der Waals surface area contributed by atoms with Crippen LogP contribution in [-0.2, 0) is 9.59 Å². The van der Waals surface area contributed by atoms with Crippen LogP contribution < -0.4 is 5.32 Å². The van der Waals surface area contributed by atoms with E-state index in [9.17, 15) is 9.59 Å². The Morgan fingerprint density at radius 1 is 1.28 bits per heavy atom. The number of fused-ring (bicyclic) bond motifs is 1. The van der Waals surface area contributed by atoms with E-state index in [1.165, 1.54) is 6.39 Å². The molecule has 130 valence electrons. The summed E-state index contributed by atoms with van der Waals surface area (Å²) < 4.78 is 4.87. The van der Waals surface area contributed by atoms with Crippen molar-refractivity contribution in [3.05, 3.63) is 42.0 Å². The van der Waals surface area contributed by atoms with Crippen LogP contribution in [-0.4, -0.2) is 33.4 Å². The average molecular weight is 340 g/mol. The molecule has 0 aliphatic carbocycles. The number of amides is 2. The van der Waals surface area contributed by atoms with Gasteiger partial charge in [0, 0.05) is 18.7 Å². The van der Waals surface area contributed by atoms with Crippen LogP contribution in [0.25, 0.3) is 0 Å². The maximum Gasteiger partial charge on any atom is 0.232 e. The molecule has 2 amide bonds. The topological polar surface area (TPSA) is 88.3 Å². The number of aromatic nitrogens is 2. The van der Waals surface area contributed by atoms with E-state index in [0.717, 1.165) is 36.9 Å². The Morgan fingerprint density at radius 2 is 2.16 bits per heavy atom. The minimum absolute atomic E-state index is 0.0337. The molecule has 3 heterocycles. The zero-order valence-electron chi connectivity index (χ0n) is 13.9. The van der Waals surface area contributed by atoms with Crippen LogP contribution in [0, 0.1) is 0 Å². The molecule has 7 nitrogen and oxygen atoms in total. The van der Waals surface area contributed by atoms with E-state index in [0.29, 0.717) is 12.4 Å². The van der Waals surface area contributed by atoms with Gasteiger partial charge in [0.1, 0.15) is 0 Å². The molecule has 1 aromatic heterocycles. The Morgan fingerprint density at radius 3 is 3.00 bits per heavy atom. The minimum atomic E-state index is -0.433. The summed E-state index contributed by atoms with van der Waals surface area (Å²) >= 11 is 0. The number of carbonyl (C=O) groups is 2. The van der Waals surface area contributed by atoms with Crippen LogP contribution in [0.2, 0.25) is 0 Å². The van der Waals surface area contributed by atoms with Crippen molar-refractivity contribution in [2.75, 3.05) is 11.9 Å². The van der Waals surface area contributed by atoms with E-state index in [1.807, 2.05) is 29.2 Å². The third-order valence-electron chi connectivity index (χ3n) is 5.04. The van der Waals surface area contributed by atoms with Crippen molar-refractivity contribution in [1.82, 2.24) is 15.0 Å². The van der Waals surface area contributed by atoms with Gasteiger partial charge in [-0.2, -0.15) is 4.98 Å². The molecule has 4 rings (SSSR count). The zero-order valence-corrected chi connectivity index (χ0v) is 13.9. The molecule has 1 N–H and O–H groups in total. The molecule has 0 saturated carbocycles. The number of anilines is 1. The summed E-state index contributed by atoms with van der Waals surface area (Å²) in [5.74, 6) is -0.0292. The number of nitrogens with one attached hydrogen (secondary N) is 1. The lowest BCUT2D eigenvalue weighted by Gasteiger charge is -2.28. The Hall–Kier alpha value is -2.70. The molecule has 1 saturated heterocycles. The van der Waals surface area contributed by atoms with Crippen LogP contribution in [0.15, 0.2) is 35.2 Å². The lowest BCUT2D eigenvalue weighted by molar-refractivity contribution is -0.135. The normalized spacial score (nSPS) is 23.0. The molecule has 2 atom stereocenters. The molecule has 2 aliphatic rings. The molecule has 0 spiro atoms. The maximum atomic E-state index is 13.0. The van der Waals surface area contributed by atoms with Crippen molar-refractivity contribution in [2.45, 2.75) is 44.1 Å². The van der Waals surface area contributed by atoms with Crippen molar-refractivity contribution in [3.8, 4) is 0 Å². The first-order valence-corrected chi connectivity index (χ1v) is 8.69. The standard InChI is InChI=1S/C18H20N4O3/c23-16(10-13-12-6-3-4-7-14(12)20-18(13)24)22-9-5-1-2-8-15(22)17-19-11-25-21-17/h3-4,6-7,11,13,15H,1-2,5,8-10H2,(H,20,24). The molecule has 1 fully saturated rings. The average Bonchev–Trinajstić information content (AvgIpc) is 3.17. The van der Waals surface area contributed by atoms with Gasteiger partial charge in [0.25, 0.3) is 0 Å². The summed E-state index contributed by atoms with van der Waals surface area (Å²) in [4.78, 5) is 31.3. The summed E-state index contributed by atoms with van der Waals surface area (Å²) in [5.41, 5.74) is 1.70. The molecule has 7 heteroatoms. The molecule has 25 heavy (non-hydrogen) atoms. The number of hydrogen-bond donors (Lipinski definition) is 1. The Balaban J connectivity index is 1.56. The summed E-state index contributed by atoms with van der Waals surface area (Å²) in [6.45, 7) is 0.661. The van der Waals surface area contributed by atoms with Crippen LogP contribution in [0.4, 0.5) is 5.69 Å². The number of para-hydroxylation sites is 1. The van der Waals surface area contributed by atoms with E-state index < -0.39 is 5.92 Å². The van der Waals surface area contributed by atoms with Crippen molar-refractivity contribution in [2.24, 2.45) is 0 Å². The molecule has 2 unspecified atom stereocenters. The van der Waals surface area contributed by atoms with Gasteiger partial charge in [-0.25, -0.2) is 0 Å². The highest BCUT2D eigenvalue weighted by atomic mass is 16.5. The molecule has 0 radical (unpaired) electrons. The zero-order chi connectivity index (χ0) is 17.2. The fourth-order valence-corrected chi connectivity index (χ4v) is 3.77. The van der Waals surface area contributed by atoms with Gasteiger partial charge in [-0.1, -0.05) is 36.2 Å².